The Morgan fingerprint density at radius 1 is 0.900 bits per heavy atom. The lowest BCUT2D eigenvalue weighted by molar-refractivity contribution is -0.120. The first kappa shape index (κ1) is 20.6. The van der Waals surface area contributed by atoms with E-state index in [0.717, 1.165) is 11.3 Å². The molecule has 3 aromatic carbocycles. The van der Waals surface area contributed by atoms with Crippen LogP contribution in [-0.2, 0) is 4.79 Å². The van der Waals surface area contributed by atoms with Crippen molar-refractivity contribution >= 4 is 18.0 Å². The molecule has 0 atom stereocenters. The highest BCUT2D eigenvalue weighted by Gasteiger charge is 2.07. The lowest BCUT2D eigenvalue weighted by atomic mass is 10.2. The molecule has 0 aromatic heterocycles. The number of amides is 2. The van der Waals surface area contributed by atoms with Crippen LogP contribution in [0.4, 0.5) is 0 Å². The van der Waals surface area contributed by atoms with Gasteiger partial charge in [-0.1, -0.05) is 30.3 Å². The van der Waals surface area contributed by atoms with Crippen LogP contribution < -0.4 is 20.2 Å². The second-order valence-corrected chi connectivity index (χ2v) is 6.19. The number of carbonyl (C=O) groups is 2. The zero-order chi connectivity index (χ0) is 21.2. The maximum absolute atomic E-state index is 12.0. The van der Waals surface area contributed by atoms with Gasteiger partial charge in [-0.15, -0.1) is 0 Å². The van der Waals surface area contributed by atoms with Crippen LogP contribution in [0.15, 0.2) is 84.0 Å². The molecule has 2 N–H and O–H groups in total. The summed E-state index contributed by atoms with van der Waals surface area (Å²) in [5.74, 6) is 1.24. The van der Waals surface area contributed by atoms with Gasteiger partial charge in [-0.05, 0) is 54.1 Å². The third-order valence-electron chi connectivity index (χ3n) is 4.00. The number of carbonyl (C=O) groups excluding carboxylic acids is 2. The van der Waals surface area contributed by atoms with Crippen molar-refractivity contribution in [2.75, 3.05) is 13.7 Å². The molecule has 3 rings (SSSR count). The third kappa shape index (κ3) is 6.20. The van der Waals surface area contributed by atoms with E-state index in [-0.39, 0.29) is 12.5 Å². The Labute approximate surface area is 174 Å². The number of rotatable bonds is 8. The number of hydrogen-bond acceptors (Lipinski definition) is 5. The monoisotopic (exact) mass is 403 g/mol. The van der Waals surface area contributed by atoms with Crippen molar-refractivity contribution in [3.8, 4) is 17.2 Å². The molecule has 0 spiro atoms. The number of methoxy groups -OCH3 is 1. The van der Waals surface area contributed by atoms with Gasteiger partial charge in [-0.3, -0.25) is 9.59 Å². The Hall–Kier alpha value is -4.13. The van der Waals surface area contributed by atoms with Crippen molar-refractivity contribution in [2.24, 2.45) is 5.10 Å². The smallest absolute Gasteiger partial charge is 0.259 e. The average Bonchev–Trinajstić information content (AvgIpc) is 2.78. The molecule has 152 valence electrons. The second-order valence-electron chi connectivity index (χ2n) is 6.19. The highest BCUT2D eigenvalue weighted by Crippen LogP contribution is 2.21. The van der Waals surface area contributed by atoms with E-state index in [0.29, 0.717) is 17.1 Å². The molecule has 0 bridgehead atoms. The van der Waals surface area contributed by atoms with Gasteiger partial charge in [-0.25, -0.2) is 5.43 Å². The van der Waals surface area contributed by atoms with Gasteiger partial charge in [0.15, 0.2) is 0 Å². The highest BCUT2D eigenvalue weighted by atomic mass is 16.5. The van der Waals surface area contributed by atoms with Gasteiger partial charge in [0.1, 0.15) is 17.2 Å². The summed E-state index contributed by atoms with van der Waals surface area (Å²) >= 11 is 0. The summed E-state index contributed by atoms with van der Waals surface area (Å²) in [7, 11) is 1.55. The van der Waals surface area contributed by atoms with E-state index in [1.165, 1.54) is 6.21 Å². The maximum Gasteiger partial charge on any atom is 0.259 e. The zero-order valence-corrected chi connectivity index (χ0v) is 16.4. The molecule has 0 saturated heterocycles. The predicted molar refractivity (Wildman–Crippen MR) is 114 cm³/mol. The van der Waals surface area contributed by atoms with E-state index in [1.807, 2.05) is 48.5 Å². The fraction of sp³-hybridized carbons (Fsp3) is 0.0870. The molecule has 3 aromatic rings. The minimum atomic E-state index is -0.440. The lowest BCUT2D eigenvalue weighted by Gasteiger charge is -2.06. The highest BCUT2D eigenvalue weighted by molar-refractivity contribution is 5.96. The molecular weight excluding hydrogens is 382 g/mol. The van der Waals surface area contributed by atoms with Gasteiger partial charge < -0.3 is 14.8 Å². The van der Waals surface area contributed by atoms with Gasteiger partial charge in [0, 0.05) is 5.56 Å². The van der Waals surface area contributed by atoms with E-state index in [2.05, 4.69) is 15.8 Å². The third-order valence-corrected chi connectivity index (χ3v) is 4.00. The molecule has 0 radical (unpaired) electrons. The molecule has 2 amide bonds. The molecule has 0 unspecified atom stereocenters. The van der Waals surface area contributed by atoms with Crippen LogP contribution in [0.2, 0.25) is 0 Å². The van der Waals surface area contributed by atoms with Gasteiger partial charge >= 0.3 is 0 Å². The molecule has 0 heterocycles. The number of nitrogens with zero attached hydrogens (tertiary/aromatic N) is 1. The maximum atomic E-state index is 12.0. The summed E-state index contributed by atoms with van der Waals surface area (Å²) in [5.41, 5.74) is 3.57. The fourth-order valence-electron chi connectivity index (χ4n) is 2.51. The van der Waals surface area contributed by atoms with Crippen molar-refractivity contribution < 1.29 is 19.1 Å². The van der Waals surface area contributed by atoms with E-state index in [9.17, 15) is 9.59 Å². The largest absolute Gasteiger partial charge is 0.497 e. The zero-order valence-electron chi connectivity index (χ0n) is 16.4. The van der Waals surface area contributed by atoms with Gasteiger partial charge in [0.2, 0.25) is 0 Å². The first-order valence-corrected chi connectivity index (χ1v) is 9.21. The number of nitrogens with one attached hydrogen (secondary N) is 2. The molecule has 0 aliphatic rings. The van der Waals surface area contributed by atoms with Crippen molar-refractivity contribution in [1.82, 2.24) is 10.7 Å². The predicted octanol–water partition coefficient (Wildman–Crippen LogP) is 3.37. The number of para-hydroxylation sites is 1. The Morgan fingerprint density at radius 3 is 2.37 bits per heavy atom. The molecular formula is C23H21N3O4. The van der Waals surface area contributed by atoms with Crippen molar-refractivity contribution in [3.63, 3.8) is 0 Å². The van der Waals surface area contributed by atoms with Gasteiger partial charge in [0.05, 0.1) is 19.9 Å². The molecule has 7 nitrogen and oxygen atoms in total. The summed E-state index contributed by atoms with van der Waals surface area (Å²) in [6, 6.07) is 23.3. The number of ether oxygens (including phenoxy) is 2. The van der Waals surface area contributed by atoms with Crippen LogP contribution >= 0.6 is 0 Å². The number of hydrogen-bond donors (Lipinski definition) is 2. The Kier molecular flexibility index (Phi) is 7.16. The molecule has 0 aliphatic carbocycles. The van der Waals surface area contributed by atoms with E-state index < -0.39 is 5.91 Å². The first-order valence-electron chi connectivity index (χ1n) is 9.21. The van der Waals surface area contributed by atoms with Crippen LogP contribution in [-0.4, -0.2) is 31.7 Å². The Bertz CT molecular complexity index is 1020. The second kappa shape index (κ2) is 10.4. The molecule has 30 heavy (non-hydrogen) atoms. The number of benzene rings is 3. The van der Waals surface area contributed by atoms with Crippen molar-refractivity contribution in [2.45, 2.75) is 0 Å². The molecule has 0 fully saturated rings. The van der Waals surface area contributed by atoms with Crippen molar-refractivity contribution in [1.29, 1.82) is 0 Å². The van der Waals surface area contributed by atoms with Crippen LogP contribution in [0.3, 0.4) is 0 Å². The summed E-state index contributed by atoms with van der Waals surface area (Å²) in [5, 5.41) is 6.45. The van der Waals surface area contributed by atoms with E-state index in [4.69, 9.17) is 9.47 Å². The Balaban J connectivity index is 1.47. The average molecular weight is 403 g/mol. The molecule has 0 aliphatic heterocycles. The van der Waals surface area contributed by atoms with Crippen LogP contribution in [0.5, 0.6) is 17.2 Å². The van der Waals surface area contributed by atoms with E-state index in [1.54, 1.807) is 37.4 Å². The topological polar surface area (TPSA) is 89.0 Å². The van der Waals surface area contributed by atoms with Crippen LogP contribution in [0.25, 0.3) is 0 Å². The minimum absolute atomic E-state index is 0.195. The summed E-state index contributed by atoms with van der Waals surface area (Å²) < 4.78 is 10.8. The van der Waals surface area contributed by atoms with Crippen LogP contribution in [0.1, 0.15) is 15.9 Å². The van der Waals surface area contributed by atoms with Crippen molar-refractivity contribution in [3.05, 3.63) is 90.0 Å². The quantitative estimate of drug-likeness (QED) is 0.446. The van der Waals surface area contributed by atoms with Crippen LogP contribution in [0, 0.1) is 0 Å². The molecule has 0 saturated carbocycles. The SMILES string of the molecule is COc1ccc(C(=O)NCC(=O)N/N=C/c2cccc(Oc3ccccc3)c2)cc1. The van der Waals surface area contributed by atoms with E-state index >= 15 is 0 Å². The Morgan fingerprint density at radius 2 is 1.63 bits per heavy atom. The summed E-state index contributed by atoms with van der Waals surface area (Å²) in [6.07, 6.45) is 1.50. The standard InChI is InChI=1S/C23H21N3O4/c1-29-19-12-10-18(11-13-19)23(28)24-16-22(27)26-25-15-17-6-5-9-21(14-17)30-20-7-3-2-4-8-20/h2-15H,16H2,1H3,(H,24,28)(H,26,27)/b25-15+. The molecule has 7 heteroatoms. The van der Waals surface area contributed by atoms with Gasteiger partial charge in [-0.2, -0.15) is 5.10 Å². The first-order chi connectivity index (χ1) is 14.6. The lowest BCUT2D eigenvalue weighted by Crippen LogP contribution is -2.34. The summed E-state index contributed by atoms with van der Waals surface area (Å²) in [6.45, 7) is -0.195. The van der Waals surface area contributed by atoms with Gasteiger partial charge in [0.25, 0.3) is 11.8 Å². The summed E-state index contributed by atoms with van der Waals surface area (Å²) in [4.78, 5) is 23.9. The fourth-order valence-corrected chi connectivity index (χ4v) is 2.51. The minimum Gasteiger partial charge on any atom is -0.497 e. The normalized spacial score (nSPS) is 10.4. The number of hydrazone groups is 1.